The Morgan fingerprint density at radius 1 is 1.11 bits per heavy atom. The molecule has 0 bridgehead atoms. The van der Waals surface area contributed by atoms with Crippen LogP contribution in [0, 0.1) is 0 Å². The van der Waals surface area contributed by atoms with Crippen molar-refractivity contribution in [3.63, 3.8) is 0 Å². The predicted octanol–water partition coefficient (Wildman–Crippen LogP) is 3.35. The Hall–Kier alpha value is -2.28. The average Bonchev–Trinajstić information content (AvgIpc) is 3.35. The fourth-order valence-electron chi connectivity index (χ4n) is 3.18. The van der Waals surface area contributed by atoms with Gasteiger partial charge in [0.25, 0.3) is 0 Å². The predicted molar refractivity (Wildman–Crippen MR) is 110 cm³/mol. The highest BCUT2D eigenvalue weighted by molar-refractivity contribution is 7.98. The number of hydrogen-bond donors (Lipinski definition) is 1. The van der Waals surface area contributed by atoms with Gasteiger partial charge in [0, 0.05) is 31.6 Å². The molecule has 1 N–H and O–H groups in total. The molecule has 6 nitrogen and oxygen atoms in total. The van der Waals surface area contributed by atoms with Crippen molar-refractivity contribution in [3.8, 4) is 0 Å². The Morgan fingerprint density at radius 2 is 1.93 bits per heavy atom. The molecular weight excluding hydrogens is 358 g/mol. The van der Waals surface area contributed by atoms with Gasteiger partial charge in [-0.05, 0) is 55.5 Å². The van der Waals surface area contributed by atoms with Crippen LogP contribution in [0.1, 0.15) is 37.5 Å². The zero-order valence-electron chi connectivity index (χ0n) is 15.8. The number of rotatable bonds is 11. The molecule has 3 aromatic rings. The molecule has 0 unspecified atom stereocenters. The summed E-state index contributed by atoms with van der Waals surface area (Å²) < 4.78 is 4.04. The van der Waals surface area contributed by atoms with E-state index in [1.165, 1.54) is 0 Å². The van der Waals surface area contributed by atoms with Crippen molar-refractivity contribution in [1.82, 2.24) is 24.5 Å². The molecule has 3 aromatic heterocycles. The summed E-state index contributed by atoms with van der Waals surface area (Å²) in [6, 6.07) is 9.74. The molecule has 0 spiro atoms. The van der Waals surface area contributed by atoms with E-state index in [0.29, 0.717) is 0 Å². The van der Waals surface area contributed by atoms with Gasteiger partial charge in [-0.15, -0.1) is 10.2 Å². The van der Waals surface area contributed by atoms with Crippen LogP contribution in [0.25, 0.3) is 5.65 Å². The topological polar surface area (TPSA) is 64.2 Å². The Morgan fingerprint density at radius 3 is 2.74 bits per heavy atom. The summed E-state index contributed by atoms with van der Waals surface area (Å²) in [6.07, 6.45) is 12.8. The fourth-order valence-corrected chi connectivity index (χ4v) is 3.64. The van der Waals surface area contributed by atoms with E-state index < -0.39 is 0 Å². The van der Waals surface area contributed by atoms with Crippen molar-refractivity contribution >= 4 is 23.3 Å². The molecule has 0 saturated heterocycles. The maximum atomic E-state index is 12.6. The Bertz CT molecular complexity index is 830. The Kier molecular flexibility index (Phi) is 7.33. The zero-order valence-corrected chi connectivity index (χ0v) is 16.6. The molecule has 0 aliphatic heterocycles. The monoisotopic (exact) mass is 385 g/mol. The van der Waals surface area contributed by atoms with E-state index >= 15 is 0 Å². The van der Waals surface area contributed by atoms with E-state index in [4.69, 9.17) is 0 Å². The maximum Gasteiger partial charge on any atom is 0.243 e. The first-order valence-electron chi connectivity index (χ1n) is 9.47. The van der Waals surface area contributed by atoms with Gasteiger partial charge in [0.05, 0.1) is 0 Å². The third kappa shape index (κ3) is 5.35. The van der Waals surface area contributed by atoms with Gasteiger partial charge in [0.1, 0.15) is 11.9 Å². The molecule has 3 heterocycles. The Labute approximate surface area is 164 Å². The molecule has 144 valence electrons. The van der Waals surface area contributed by atoms with Crippen molar-refractivity contribution in [1.29, 1.82) is 0 Å². The largest absolute Gasteiger partial charge is 0.354 e. The highest BCUT2D eigenvalue weighted by atomic mass is 32.2. The zero-order chi connectivity index (χ0) is 18.9. The molecule has 0 radical (unpaired) electrons. The number of carbonyl (C=O) groups is 1. The second-order valence-corrected chi connectivity index (χ2v) is 7.56. The molecule has 0 fully saturated rings. The molecule has 0 aliphatic rings. The second-order valence-electron chi connectivity index (χ2n) is 6.57. The molecule has 1 amide bonds. The quantitative estimate of drug-likeness (QED) is 0.514. The number of amides is 1. The summed E-state index contributed by atoms with van der Waals surface area (Å²) in [5.41, 5.74) is 0.890. The number of carbonyl (C=O) groups excluding carboxylic acids is 1. The van der Waals surface area contributed by atoms with Gasteiger partial charge in [-0.2, -0.15) is 11.8 Å². The maximum absolute atomic E-state index is 12.6. The first-order chi connectivity index (χ1) is 13.3. The molecule has 27 heavy (non-hydrogen) atoms. The molecule has 0 aromatic carbocycles. The van der Waals surface area contributed by atoms with Gasteiger partial charge < -0.3 is 9.88 Å². The molecule has 0 aliphatic carbocycles. The number of fused-ring (bicyclic) bond motifs is 1. The summed E-state index contributed by atoms with van der Waals surface area (Å²) in [4.78, 5) is 12.6. The van der Waals surface area contributed by atoms with Gasteiger partial charge in [-0.1, -0.05) is 12.5 Å². The highest BCUT2D eigenvalue weighted by Gasteiger charge is 2.18. The summed E-state index contributed by atoms with van der Waals surface area (Å²) in [6.45, 7) is 0.719. The summed E-state index contributed by atoms with van der Waals surface area (Å²) >= 11 is 1.77. The number of thioether (sulfide) groups is 1. The van der Waals surface area contributed by atoms with Gasteiger partial charge >= 0.3 is 0 Å². The van der Waals surface area contributed by atoms with Crippen LogP contribution in [0.2, 0.25) is 0 Å². The molecule has 0 saturated carbocycles. The van der Waals surface area contributed by atoms with Crippen LogP contribution < -0.4 is 5.32 Å². The number of nitrogens with zero attached hydrogens (tertiary/aromatic N) is 4. The smallest absolute Gasteiger partial charge is 0.243 e. The van der Waals surface area contributed by atoms with Crippen LogP contribution in [0.3, 0.4) is 0 Å². The van der Waals surface area contributed by atoms with Crippen LogP contribution in [-0.2, 0) is 11.2 Å². The number of hydrogen-bond acceptors (Lipinski definition) is 4. The van der Waals surface area contributed by atoms with E-state index in [-0.39, 0.29) is 11.9 Å². The molecule has 3 rings (SSSR count). The van der Waals surface area contributed by atoms with Crippen LogP contribution >= 0.6 is 11.8 Å². The van der Waals surface area contributed by atoms with Crippen LogP contribution in [0.15, 0.2) is 48.9 Å². The van der Waals surface area contributed by atoms with Gasteiger partial charge in [0.15, 0.2) is 5.65 Å². The lowest BCUT2D eigenvalue weighted by molar-refractivity contribution is -0.124. The summed E-state index contributed by atoms with van der Waals surface area (Å²) in [7, 11) is 0. The van der Waals surface area contributed by atoms with E-state index in [1.807, 2.05) is 57.9 Å². The summed E-state index contributed by atoms with van der Waals surface area (Å²) in [5.74, 6) is 2.09. The number of nitrogens with one attached hydrogen (secondary N) is 1. The number of aromatic nitrogens is 4. The lowest BCUT2D eigenvalue weighted by Crippen LogP contribution is -2.33. The molecular formula is C20H27N5OS. The van der Waals surface area contributed by atoms with Gasteiger partial charge in [-0.25, -0.2) is 0 Å². The fraction of sp³-hybridized carbons (Fsp3) is 0.450. The van der Waals surface area contributed by atoms with Crippen LogP contribution in [-0.4, -0.2) is 43.6 Å². The molecule has 1 atom stereocenters. The minimum atomic E-state index is -0.116. The SMILES string of the molecule is CSCC[C@H](C(=O)NCCCCCc1nnc2ccccn12)n1cccc1. The van der Waals surface area contributed by atoms with E-state index in [9.17, 15) is 4.79 Å². The van der Waals surface area contributed by atoms with Gasteiger partial charge in [-0.3, -0.25) is 9.20 Å². The van der Waals surface area contributed by atoms with Crippen molar-refractivity contribution < 1.29 is 4.79 Å². The van der Waals surface area contributed by atoms with Gasteiger partial charge in [0.2, 0.25) is 5.91 Å². The lowest BCUT2D eigenvalue weighted by Gasteiger charge is -2.18. The Balaban J connectivity index is 1.38. The number of unbranched alkanes of at least 4 members (excludes halogenated alkanes) is 2. The minimum Gasteiger partial charge on any atom is -0.354 e. The highest BCUT2D eigenvalue weighted by Crippen LogP contribution is 2.15. The van der Waals surface area contributed by atoms with Crippen LogP contribution in [0.5, 0.6) is 0 Å². The van der Waals surface area contributed by atoms with Crippen molar-refractivity contribution in [2.45, 2.75) is 38.1 Å². The van der Waals surface area contributed by atoms with E-state index in [1.54, 1.807) is 11.8 Å². The number of aryl methyl sites for hydroxylation is 1. The first kappa shape index (κ1) is 19.5. The summed E-state index contributed by atoms with van der Waals surface area (Å²) in [5, 5.41) is 11.5. The average molecular weight is 386 g/mol. The lowest BCUT2D eigenvalue weighted by atomic mass is 10.1. The van der Waals surface area contributed by atoms with Crippen LogP contribution in [0.4, 0.5) is 0 Å². The standard InChI is InChI=1S/C20H27N5OS/c1-27-16-11-17(24-13-7-8-14-24)20(26)21-12-5-2-3-9-18-22-23-19-10-4-6-15-25(18)19/h4,6-8,10,13-15,17H,2-3,5,9,11-12,16H2,1H3,(H,21,26)/t17-/m1/s1. The third-order valence-electron chi connectivity index (χ3n) is 4.65. The van der Waals surface area contributed by atoms with Crippen molar-refractivity contribution in [3.05, 3.63) is 54.7 Å². The second kappa shape index (κ2) is 10.2. The normalized spacial score (nSPS) is 12.3. The van der Waals surface area contributed by atoms with Crippen molar-refractivity contribution in [2.24, 2.45) is 0 Å². The van der Waals surface area contributed by atoms with E-state index in [0.717, 1.165) is 55.9 Å². The minimum absolute atomic E-state index is 0.115. The third-order valence-corrected chi connectivity index (χ3v) is 5.29. The van der Waals surface area contributed by atoms with E-state index in [2.05, 4.69) is 21.8 Å². The molecule has 7 heteroatoms. The number of pyridine rings is 1. The van der Waals surface area contributed by atoms with Crippen molar-refractivity contribution in [2.75, 3.05) is 18.6 Å². The first-order valence-corrected chi connectivity index (χ1v) is 10.9.